The van der Waals surface area contributed by atoms with Gasteiger partial charge in [0.15, 0.2) is 0 Å². The Morgan fingerprint density at radius 1 is 0.947 bits per heavy atom. The van der Waals surface area contributed by atoms with Gasteiger partial charge >= 0.3 is 11.8 Å². The second-order valence-corrected chi connectivity index (χ2v) is 10.6. The zero-order valence-electron chi connectivity index (χ0n) is 20.8. The number of morpholine rings is 1. The van der Waals surface area contributed by atoms with Gasteiger partial charge < -0.3 is 19.9 Å². The van der Waals surface area contributed by atoms with Gasteiger partial charge in [-0.25, -0.2) is 0 Å². The van der Waals surface area contributed by atoms with Gasteiger partial charge in [0.05, 0.1) is 31.5 Å². The van der Waals surface area contributed by atoms with E-state index >= 15 is 0 Å². The molecule has 38 heavy (non-hydrogen) atoms. The maximum Gasteiger partial charge on any atom is 0.313 e. The molecule has 11 heteroatoms. The Morgan fingerprint density at radius 3 is 2.53 bits per heavy atom. The van der Waals surface area contributed by atoms with Crippen LogP contribution in [0.3, 0.4) is 0 Å². The molecule has 2 N–H and O–H groups in total. The van der Waals surface area contributed by atoms with Crippen molar-refractivity contribution < 1.29 is 19.1 Å². The first kappa shape index (κ1) is 24.5. The fourth-order valence-electron chi connectivity index (χ4n) is 4.98. The third kappa shape index (κ3) is 5.00. The van der Waals surface area contributed by atoms with E-state index in [-0.39, 0.29) is 5.91 Å². The maximum absolute atomic E-state index is 13.0. The summed E-state index contributed by atoms with van der Waals surface area (Å²) in [6.45, 7) is 4.59. The summed E-state index contributed by atoms with van der Waals surface area (Å²) < 4.78 is 6.48. The van der Waals surface area contributed by atoms with Gasteiger partial charge in [-0.05, 0) is 29.7 Å². The normalized spacial score (nSPS) is 16.7. The van der Waals surface area contributed by atoms with Gasteiger partial charge in [0.1, 0.15) is 0 Å². The predicted molar refractivity (Wildman–Crippen MR) is 146 cm³/mol. The summed E-state index contributed by atoms with van der Waals surface area (Å²) in [5.41, 5.74) is 2.34. The lowest BCUT2D eigenvalue weighted by atomic mass is 10.1. The van der Waals surface area contributed by atoms with Gasteiger partial charge in [0, 0.05) is 65.5 Å². The lowest BCUT2D eigenvalue weighted by Gasteiger charge is -2.35. The lowest BCUT2D eigenvalue weighted by molar-refractivity contribution is -0.145. The largest absolute Gasteiger partial charge is 0.378 e. The molecule has 2 aliphatic heterocycles. The number of hydrogen-bond acceptors (Lipinski definition) is 7. The molecule has 2 saturated heterocycles. The molecule has 0 bridgehead atoms. The molecular formula is C27H28N6O4S. The number of piperazine rings is 1. The molecule has 0 saturated carbocycles. The Bertz CT molecular complexity index is 1470. The number of ether oxygens (including phenoxy) is 1. The van der Waals surface area contributed by atoms with Crippen molar-refractivity contribution in [2.24, 2.45) is 0 Å². The van der Waals surface area contributed by atoms with Crippen molar-refractivity contribution in [2.45, 2.75) is 0 Å². The van der Waals surface area contributed by atoms with E-state index in [1.807, 2.05) is 34.1 Å². The van der Waals surface area contributed by atoms with Crippen LogP contribution in [-0.2, 0) is 19.1 Å². The second kappa shape index (κ2) is 10.5. The molecule has 0 unspecified atom stereocenters. The van der Waals surface area contributed by atoms with Gasteiger partial charge in [-0.3, -0.25) is 24.4 Å². The molecule has 6 rings (SSSR count). The van der Waals surface area contributed by atoms with E-state index in [2.05, 4.69) is 33.7 Å². The Morgan fingerprint density at radius 2 is 1.74 bits per heavy atom. The number of carbonyl (C=O) groups excluding carboxylic acids is 3. The van der Waals surface area contributed by atoms with Crippen molar-refractivity contribution in [1.82, 2.24) is 24.9 Å². The van der Waals surface area contributed by atoms with E-state index in [4.69, 9.17) is 4.74 Å². The molecule has 10 nitrogen and oxygen atoms in total. The Hall–Kier alpha value is -3.80. The van der Waals surface area contributed by atoms with Crippen molar-refractivity contribution in [2.75, 3.05) is 64.3 Å². The summed E-state index contributed by atoms with van der Waals surface area (Å²) >= 11 is 1.66. The molecule has 0 atom stereocenters. The number of fused-ring (bicyclic) bond motifs is 2. The van der Waals surface area contributed by atoms with Crippen LogP contribution in [0, 0.1) is 0 Å². The summed E-state index contributed by atoms with van der Waals surface area (Å²) in [7, 11) is 0. The minimum atomic E-state index is -0.673. The van der Waals surface area contributed by atoms with Gasteiger partial charge in [-0.15, -0.1) is 11.3 Å². The zero-order chi connectivity index (χ0) is 26.1. The minimum absolute atomic E-state index is 0.0786. The monoisotopic (exact) mass is 532 g/mol. The number of nitrogens with zero attached hydrogens (tertiary/aromatic N) is 4. The molecule has 2 aromatic carbocycles. The summed E-state index contributed by atoms with van der Waals surface area (Å²) in [5.74, 6) is -1.16. The number of nitrogens with one attached hydrogen (secondary N) is 2. The van der Waals surface area contributed by atoms with E-state index in [1.54, 1.807) is 22.4 Å². The number of benzene rings is 2. The first-order valence-electron chi connectivity index (χ1n) is 12.7. The van der Waals surface area contributed by atoms with Crippen molar-refractivity contribution in [3.8, 4) is 10.4 Å². The SMILES string of the molecule is O=C(Nc1cc(-c2cc3ccccc3s2)c2[nH]ncc2c1)C(=O)N1CCN(CC(=O)N2CCOCC2)CC1. The van der Waals surface area contributed by atoms with Gasteiger partial charge in [0.25, 0.3) is 0 Å². The summed E-state index contributed by atoms with van der Waals surface area (Å²) in [4.78, 5) is 44.9. The Kier molecular flexibility index (Phi) is 6.79. The number of H-pyrrole nitrogens is 1. The molecule has 196 valence electrons. The van der Waals surface area contributed by atoms with Gasteiger partial charge in [-0.2, -0.15) is 5.10 Å². The van der Waals surface area contributed by atoms with E-state index in [1.165, 1.54) is 4.70 Å². The van der Waals surface area contributed by atoms with Crippen molar-refractivity contribution in [3.05, 3.63) is 48.7 Å². The number of amides is 3. The summed E-state index contributed by atoms with van der Waals surface area (Å²) in [5, 5.41) is 12.0. The fraction of sp³-hybridized carbons (Fsp3) is 0.333. The van der Waals surface area contributed by atoms with Crippen LogP contribution in [0.25, 0.3) is 31.4 Å². The van der Waals surface area contributed by atoms with Crippen LogP contribution in [0.15, 0.2) is 48.7 Å². The van der Waals surface area contributed by atoms with Crippen molar-refractivity contribution in [1.29, 1.82) is 0 Å². The minimum Gasteiger partial charge on any atom is -0.378 e. The highest BCUT2D eigenvalue weighted by Gasteiger charge is 2.28. The second-order valence-electron chi connectivity index (χ2n) is 9.52. The molecule has 3 amide bonds. The molecule has 2 fully saturated rings. The maximum atomic E-state index is 13.0. The summed E-state index contributed by atoms with van der Waals surface area (Å²) in [6, 6.07) is 14.0. The third-order valence-electron chi connectivity index (χ3n) is 7.07. The van der Waals surface area contributed by atoms with Crippen LogP contribution in [0.2, 0.25) is 0 Å². The Balaban J connectivity index is 1.11. The van der Waals surface area contributed by atoms with Gasteiger partial charge in [-0.1, -0.05) is 18.2 Å². The highest BCUT2D eigenvalue weighted by molar-refractivity contribution is 7.22. The highest BCUT2D eigenvalue weighted by Crippen LogP contribution is 2.38. The van der Waals surface area contributed by atoms with E-state index in [9.17, 15) is 14.4 Å². The molecule has 0 radical (unpaired) electrons. The third-order valence-corrected chi connectivity index (χ3v) is 8.22. The average Bonchev–Trinajstić information content (AvgIpc) is 3.60. The van der Waals surface area contributed by atoms with Crippen LogP contribution in [0.4, 0.5) is 5.69 Å². The number of hydrogen-bond donors (Lipinski definition) is 2. The highest BCUT2D eigenvalue weighted by atomic mass is 32.1. The number of rotatable bonds is 4. The quantitative estimate of drug-likeness (QED) is 0.391. The van der Waals surface area contributed by atoms with Crippen LogP contribution in [0.1, 0.15) is 0 Å². The summed E-state index contributed by atoms with van der Waals surface area (Å²) in [6.07, 6.45) is 1.71. The van der Waals surface area contributed by atoms with E-state index in [0.29, 0.717) is 64.7 Å². The van der Waals surface area contributed by atoms with Gasteiger partial charge in [0.2, 0.25) is 5.91 Å². The number of aromatic nitrogens is 2. The average molecular weight is 533 g/mol. The molecule has 0 spiro atoms. The molecule has 0 aliphatic carbocycles. The lowest BCUT2D eigenvalue weighted by Crippen LogP contribution is -2.54. The number of carbonyl (C=O) groups is 3. The molecule has 4 aromatic rings. The number of aromatic amines is 1. The molecule has 4 heterocycles. The topological polar surface area (TPSA) is 111 Å². The van der Waals surface area contributed by atoms with Crippen molar-refractivity contribution in [3.63, 3.8) is 0 Å². The first-order valence-corrected chi connectivity index (χ1v) is 13.5. The first-order chi connectivity index (χ1) is 18.5. The van der Waals surface area contributed by atoms with Crippen LogP contribution < -0.4 is 5.32 Å². The Labute approximate surface area is 223 Å². The zero-order valence-corrected chi connectivity index (χ0v) is 21.6. The standard InChI is InChI=1S/C27H28N6O4S/c34-24(32-9-11-37-12-10-32)17-31-5-7-33(8-6-31)27(36)26(35)29-20-13-19-16-28-30-25(19)21(15-20)23-14-18-3-1-2-4-22(18)38-23/h1-4,13-16H,5-12,17H2,(H,28,30)(H,29,35). The number of thiophene rings is 1. The van der Waals surface area contributed by atoms with Crippen LogP contribution >= 0.6 is 11.3 Å². The number of anilines is 1. The van der Waals surface area contributed by atoms with E-state index < -0.39 is 11.8 Å². The van der Waals surface area contributed by atoms with Crippen LogP contribution in [-0.4, -0.2) is 102 Å². The molecule has 2 aromatic heterocycles. The van der Waals surface area contributed by atoms with Crippen LogP contribution in [0.5, 0.6) is 0 Å². The van der Waals surface area contributed by atoms with E-state index in [0.717, 1.165) is 26.7 Å². The fourth-order valence-corrected chi connectivity index (χ4v) is 6.07. The van der Waals surface area contributed by atoms with Crippen molar-refractivity contribution >= 4 is 55.7 Å². The molecular weight excluding hydrogens is 504 g/mol. The molecule has 2 aliphatic rings. The predicted octanol–water partition coefficient (Wildman–Crippen LogP) is 2.39. The smallest absolute Gasteiger partial charge is 0.313 e.